The van der Waals surface area contributed by atoms with E-state index in [1.165, 1.54) is 4.90 Å². The number of fused-ring (bicyclic) bond motifs is 1. The van der Waals surface area contributed by atoms with Crippen molar-refractivity contribution >= 4 is 23.2 Å². The quantitative estimate of drug-likeness (QED) is 0.910. The second-order valence-electron chi connectivity index (χ2n) is 4.58. The first-order valence-electron chi connectivity index (χ1n) is 6.40. The van der Waals surface area contributed by atoms with E-state index < -0.39 is 0 Å². The van der Waals surface area contributed by atoms with Gasteiger partial charge >= 0.3 is 0 Å². The maximum absolute atomic E-state index is 12.2. The summed E-state index contributed by atoms with van der Waals surface area (Å²) in [6.45, 7) is 0.00521. The van der Waals surface area contributed by atoms with E-state index in [1.807, 2.05) is 0 Å². The van der Waals surface area contributed by atoms with Crippen molar-refractivity contribution < 1.29 is 14.3 Å². The highest BCUT2D eigenvalue weighted by Gasteiger charge is 2.25. The lowest BCUT2D eigenvalue weighted by molar-refractivity contribution is -0.120. The number of hydrogen-bond acceptors (Lipinski definition) is 4. The Hall–Kier alpha value is -2.89. The number of nitrogens with one attached hydrogen (secondary N) is 1. The first-order valence-corrected chi connectivity index (χ1v) is 6.40. The van der Waals surface area contributed by atoms with Crippen LogP contribution in [0.15, 0.2) is 42.7 Å². The predicted octanol–water partition coefficient (Wildman–Crippen LogP) is 1.69. The summed E-state index contributed by atoms with van der Waals surface area (Å²) in [6, 6.07) is 8.51. The molecule has 21 heavy (non-hydrogen) atoms. The van der Waals surface area contributed by atoms with Gasteiger partial charge < -0.3 is 15.0 Å². The van der Waals surface area contributed by atoms with E-state index in [0.29, 0.717) is 22.7 Å². The van der Waals surface area contributed by atoms with E-state index in [0.717, 1.165) is 0 Å². The number of benzene rings is 1. The molecule has 0 radical (unpaired) electrons. The molecule has 3 rings (SSSR count). The Morgan fingerprint density at radius 3 is 2.81 bits per heavy atom. The van der Waals surface area contributed by atoms with Gasteiger partial charge in [0.25, 0.3) is 11.8 Å². The molecular formula is C15H13N3O3. The Morgan fingerprint density at radius 1 is 1.29 bits per heavy atom. The van der Waals surface area contributed by atoms with Crippen molar-refractivity contribution in [2.24, 2.45) is 0 Å². The molecule has 106 valence electrons. The average Bonchev–Trinajstić information content (AvgIpc) is 2.52. The molecule has 0 saturated heterocycles. The van der Waals surface area contributed by atoms with Crippen LogP contribution in [0.1, 0.15) is 10.4 Å². The second-order valence-corrected chi connectivity index (χ2v) is 4.58. The Morgan fingerprint density at radius 2 is 2.05 bits per heavy atom. The van der Waals surface area contributed by atoms with Crippen LogP contribution in [-0.2, 0) is 4.79 Å². The highest BCUT2D eigenvalue weighted by Crippen LogP contribution is 2.38. The number of rotatable bonds is 2. The van der Waals surface area contributed by atoms with Gasteiger partial charge in [0, 0.05) is 25.0 Å². The highest BCUT2D eigenvalue weighted by atomic mass is 16.5. The fourth-order valence-electron chi connectivity index (χ4n) is 2.14. The van der Waals surface area contributed by atoms with Crippen LogP contribution in [0.3, 0.4) is 0 Å². The maximum atomic E-state index is 12.2. The van der Waals surface area contributed by atoms with Crippen molar-refractivity contribution in [1.82, 2.24) is 4.98 Å². The molecule has 2 aromatic rings. The van der Waals surface area contributed by atoms with Gasteiger partial charge in [-0.1, -0.05) is 6.07 Å². The Labute approximate surface area is 121 Å². The molecule has 2 heterocycles. The van der Waals surface area contributed by atoms with Gasteiger partial charge in [0.1, 0.15) is 11.4 Å². The third kappa shape index (κ3) is 2.43. The van der Waals surface area contributed by atoms with Crippen LogP contribution in [0.5, 0.6) is 5.75 Å². The van der Waals surface area contributed by atoms with Gasteiger partial charge in [0.15, 0.2) is 6.61 Å². The second kappa shape index (κ2) is 5.24. The van der Waals surface area contributed by atoms with Gasteiger partial charge in [-0.15, -0.1) is 0 Å². The number of para-hydroxylation sites is 1. The van der Waals surface area contributed by atoms with Crippen LogP contribution >= 0.6 is 0 Å². The first kappa shape index (κ1) is 13.1. The molecule has 0 fully saturated rings. The molecule has 1 aliphatic rings. The number of nitrogens with zero attached hydrogens (tertiary/aromatic N) is 2. The fraction of sp³-hybridized carbons (Fsp3) is 0.133. The van der Waals surface area contributed by atoms with Crippen molar-refractivity contribution in [1.29, 1.82) is 0 Å². The van der Waals surface area contributed by atoms with E-state index in [1.54, 1.807) is 49.8 Å². The maximum Gasteiger partial charge on any atom is 0.264 e. The van der Waals surface area contributed by atoms with Crippen LogP contribution in [0.25, 0.3) is 0 Å². The molecule has 1 aromatic heterocycles. The Kier molecular flexibility index (Phi) is 3.27. The zero-order valence-electron chi connectivity index (χ0n) is 11.4. The zero-order chi connectivity index (χ0) is 14.8. The molecule has 6 nitrogen and oxygen atoms in total. The largest absolute Gasteiger partial charge is 0.481 e. The monoisotopic (exact) mass is 283 g/mol. The summed E-state index contributed by atoms with van der Waals surface area (Å²) in [5, 5.41) is 2.80. The lowest BCUT2D eigenvalue weighted by Crippen LogP contribution is -2.36. The number of hydrogen-bond donors (Lipinski definition) is 1. The van der Waals surface area contributed by atoms with Crippen molar-refractivity contribution in [3.05, 3.63) is 48.3 Å². The summed E-state index contributed by atoms with van der Waals surface area (Å²) in [4.78, 5) is 29.3. The van der Waals surface area contributed by atoms with Gasteiger partial charge in [0.05, 0.1) is 5.69 Å². The van der Waals surface area contributed by atoms with E-state index >= 15 is 0 Å². The van der Waals surface area contributed by atoms with Crippen LogP contribution in [0.4, 0.5) is 11.4 Å². The fourth-order valence-corrected chi connectivity index (χ4v) is 2.14. The van der Waals surface area contributed by atoms with Gasteiger partial charge in [-0.2, -0.15) is 0 Å². The summed E-state index contributed by atoms with van der Waals surface area (Å²) in [6.07, 6.45) is 3.10. The number of pyridine rings is 1. The number of anilines is 2. The van der Waals surface area contributed by atoms with Gasteiger partial charge in [-0.05, 0) is 24.3 Å². The first-order chi connectivity index (χ1) is 10.2. The molecular weight excluding hydrogens is 270 g/mol. The molecule has 6 heteroatoms. The van der Waals surface area contributed by atoms with Crippen LogP contribution in [-0.4, -0.2) is 30.5 Å². The lowest BCUT2D eigenvalue weighted by atomic mass is 10.2. The van der Waals surface area contributed by atoms with E-state index in [9.17, 15) is 9.59 Å². The number of carbonyl (C=O) groups excluding carboxylic acids is 2. The molecule has 0 atom stereocenters. The molecule has 1 aromatic carbocycles. The van der Waals surface area contributed by atoms with E-state index in [4.69, 9.17) is 4.74 Å². The molecule has 0 aliphatic carbocycles. The minimum atomic E-state index is -0.266. The molecule has 0 unspecified atom stereocenters. The van der Waals surface area contributed by atoms with Crippen molar-refractivity contribution in [3.63, 3.8) is 0 Å². The number of amides is 2. The minimum absolute atomic E-state index is 0.00521. The summed E-state index contributed by atoms with van der Waals surface area (Å²) in [5.74, 6) is 0.148. The lowest BCUT2D eigenvalue weighted by Gasteiger charge is -2.28. The Bertz CT molecular complexity index is 701. The van der Waals surface area contributed by atoms with Crippen molar-refractivity contribution in [2.45, 2.75) is 0 Å². The zero-order valence-corrected chi connectivity index (χ0v) is 11.4. The molecule has 2 amide bonds. The van der Waals surface area contributed by atoms with Crippen molar-refractivity contribution in [2.75, 3.05) is 23.9 Å². The summed E-state index contributed by atoms with van der Waals surface area (Å²) in [7, 11) is 1.66. The highest BCUT2D eigenvalue weighted by molar-refractivity contribution is 6.09. The topological polar surface area (TPSA) is 71.5 Å². The van der Waals surface area contributed by atoms with Gasteiger partial charge in [-0.3, -0.25) is 14.6 Å². The van der Waals surface area contributed by atoms with Crippen LogP contribution in [0, 0.1) is 0 Å². The number of likely N-dealkylation sites (N-methyl/N-ethyl adjacent to an activating group) is 1. The molecule has 1 aliphatic heterocycles. The van der Waals surface area contributed by atoms with E-state index in [-0.39, 0.29) is 18.4 Å². The summed E-state index contributed by atoms with van der Waals surface area (Å²) < 4.78 is 5.38. The number of aromatic nitrogens is 1. The normalized spacial score (nSPS) is 13.4. The van der Waals surface area contributed by atoms with Crippen LogP contribution in [0.2, 0.25) is 0 Å². The van der Waals surface area contributed by atoms with Gasteiger partial charge in [-0.25, -0.2) is 0 Å². The summed E-state index contributed by atoms with van der Waals surface area (Å²) >= 11 is 0. The molecule has 0 bridgehead atoms. The van der Waals surface area contributed by atoms with Crippen molar-refractivity contribution in [3.8, 4) is 5.75 Å². The molecule has 1 N–H and O–H groups in total. The van der Waals surface area contributed by atoms with Crippen LogP contribution < -0.4 is 15.0 Å². The summed E-state index contributed by atoms with van der Waals surface area (Å²) in [5.41, 5.74) is 1.59. The minimum Gasteiger partial charge on any atom is -0.481 e. The standard InChI is InChI=1S/C15H13N3O3/c1-18-13(19)9-21-12-4-2-3-11(14(12)18)17-15(20)10-5-7-16-8-6-10/h2-8H,9H2,1H3,(H,17,20). The smallest absolute Gasteiger partial charge is 0.264 e. The number of ether oxygens (including phenoxy) is 1. The number of carbonyl (C=O) groups is 2. The SMILES string of the molecule is CN1C(=O)COc2cccc(NC(=O)c3ccncc3)c21. The Balaban J connectivity index is 1.94. The van der Waals surface area contributed by atoms with Gasteiger partial charge in [0.2, 0.25) is 0 Å². The molecule has 0 saturated carbocycles. The third-order valence-electron chi connectivity index (χ3n) is 3.25. The average molecular weight is 283 g/mol. The van der Waals surface area contributed by atoms with E-state index in [2.05, 4.69) is 10.3 Å². The molecule has 0 spiro atoms. The third-order valence-corrected chi connectivity index (χ3v) is 3.25. The predicted molar refractivity (Wildman–Crippen MR) is 77.5 cm³/mol.